The number of hydrogen-bond acceptors (Lipinski definition) is 7. The number of azo groups is 1. The van der Waals surface area contributed by atoms with Crippen LogP contribution in [0.5, 0.6) is 0 Å². The average molecular weight is 395 g/mol. The number of nitrogens with two attached hydrogens (primary N) is 1. The van der Waals surface area contributed by atoms with Gasteiger partial charge >= 0.3 is 29.6 Å². The van der Waals surface area contributed by atoms with Crippen molar-refractivity contribution < 1.29 is 47.5 Å². The van der Waals surface area contributed by atoms with Crippen LogP contribution < -0.4 is 35.3 Å². The normalized spacial score (nSPS) is 11.4. The van der Waals surface area contributed by atoms with Crippen molar-refractivity contribution in [3.05, 3.63) is 64.7 Å². The summed E-state index contributed by atoms with van der Waals surface area (Å²) in [4.78, 5) is 9.88. The Morgan fingerprint density at radius 1 is 1.00 bits per heavy atom. The van der Waals surface area contributed by atoms with E-state index in [1.165, 1.54) is 30.3 Å². The minimum absolute atomic E-state index is 0. The molecule has 0 fully saturated rings. The van der Waals surface area contributed by atoms with Crippen LogP contribution in [0, 0.1) is 10.1 Å². The standard InChI is InChI=1S/C16H12N4O5S.Na/c17-16-13-7-2-1-6-12(13)15(26(23,24)25)9-14(16)19-18-10-4-3-5-11(8-10)20(21)22;/h1-9H,17H2,(H,23,24,25);/q;+1. The molecule has 0 aliphatic rings. The van der Waals surface area contributed by atoms with Crippen LogP contribution in [0.3, 0.4) is 0 Å². The van der Waals surface area contributed by atoms with Gasteiger partial charge in [-0.15, -0.1) is 5.11 Å². The van der Waals surface area contributed by atoms with Crippen LogP contribution >= 0.6 is 0 Å². The van der Waals surface area contributed by atoms with Crippen molar-refractivity contribution in [3.63, 3.8) is 0 Å². The molecule has 132 valence electrons. The first-order valence-corrected chi connectivity index (χ1v) is 8.66. The van der Waals surface area contributed by atoms with Gasteiger partial charge in [-0.3, -0.25) is 14.7 Å². The topological polar surface area (TPSA) is 148 Å². The smallest absolute Gasteiger partial charge is 0.396 e. The minimum Gasteiger partial charge on any atom is -0.396 e. The molecule has 0 aliphatic carbocycles. The molecular formula is C16H12N4NaO5S+. The molecule has 0 aromatic heterocycles. The number of nitrogen functional groups attached to an aromatic ring is 1. The first-order chi connectivity index (χ1) is 12.3. The molecule has 0 aliphatic heterocycles. The van der Waals surface area contributed by atoms with Crippen molar-refractivity contribution in [3.8, 4) is 0 Å². The molecule has 3 aromatic rings. The molecule has 0 radical (unpaired) electrons. The van der Waals surface area contributed by atoms with E-state index >= 15 is 0 Å². The Morgan fingerprint density at radius 3 is 2.30 bits per heavy atom. The fourth-order valence-electron chi connectivity index (χ4n) is 2.43. The zero-order valence-corrected chi connectivity index (χ0v) is 16.9. The maximum atomic E-state index is 11.7. The zero-order chi connectivity index (χ0) is 18.9. The number of nitro benzene ring substituents is 1. The molecule has 27 heavy (non-hydrogen) atoms. The third kappa shape index (κ3) is 4.49. The van der Waals surface area contributed by atoms with E-state index in [2.05, 4.69) is 10.2 Å². The molecule has 9 nitrogen and oxygen atoms in total. The van der Waals surface area contributed by atoms with Gasteiger partial charge in [0, 0.05) is 22.9 Å². The quantitative estimate of drug-likeness (QED) is 0.168. The van der Waals surface area contributed by atoms with Gasteiger partial charge in [0.25, 0.3) is 15.8 Å². The molecule has 3 aromatic carbocycles. The number of hydrogen-bond donors (Lipinski definition) is 2. The monoisotopic (exact) mass is 395 g/mol. The number of rotatable bonds is 4. The molecule has 0 heterocycles. The second-order valence-electron chi connectivity index (χ2n) is 5.31. The molecule has 0 spiro atoms. The van der Waals surface area contributed by atoms with Crippen molar-refractivity contribution in [2.45, 2.75) is 4.90 Å². The van der Waals surface area contributed by atoms with Crippen LogP contribution in [0.25, 0.3) is 10.8 Å². The van der Waals surface area contributed by atoms with Gasteiger partial charge in [-0.25, -0.2) is 0 Å². The van der Waals surface area contributed by atoms with E-state index < -0.39 is 15.0 Å². The first kappa shape index (κ1) is 20.9. The van der Waals surface area contributed by atoms with Gasteiger partial charge in [0.15, 0.2) is 0 Å². The number of nitro groups is 1. The number of non-ortho nitro benzene ring substituents is 1. The van der Waals surface area contributed by atoms with Crippen molar-refractivity contribution in [1.29, 1.82) is 0 Å². The Labute approximate surface area is 176 Å². The molecule has 11 heteroatoms. The van der Waals surface area contributed by atoms with Crippen LogP contribution in [-0.4, -0.2) is 17.9 Å². The maximum Gasteiger partial charge on any atom is 1.00 e. The Kier molecular flexibility index (Phi) is 6.29. The van der Waals surface area contributed by atoms with Gasteiger partial charge in [0.1, 0.15) is 10.6 Å². The van der Waals surface area contributed by atoms with E-state index in [1.54, 1.807) is 18.2 Å². The third-order valence-electron chi connectivity index (χ3n) is 3.62. The summed E-state index contributed by atoms with van der Waals surface area (Å²) < 4.78 is 32.8. The van der Waals surface area contributed by atoms with Crippen molar-refractivity contribution in [2.75, 3.05) is 5.73 Å². The van der Waals surface area contributed by atoms with Crippen LogP contribution in [0.15, 0.2) is 69.7 Å². The summed E-state index contributed by atoms with van der Waals surface area (Å²) in [5, 5.41) is 19.2. The number of nitrogens with zero attached hydrogens (tertiary/aromatic N) is 3. The van der Waals surface area contributed by atoms with Gasteiger partial charge in [0.2, 0.25) is 0 Å². The van der Waals surface area contributed by atoms with Crippen LogP contribution in [0.4, 0.5) is 22.7 Å². The largest absolute Gasteiger partial charge is 1.00 e. The van der Waals surface area contributed by atoms with E-state index in [-0.39, 0.29) is 62.6 Å². The first-order valence-electron chi connectivity index (χ1n) is 7.22. The number of fused-ring (bicyclic) bond motifs is 1. The van der Waals surface area contributed by atoms with E-state index in [0.29, 0.717) is 5.39 Å². The number of anilines is 1. The Balaban J connectivity index is 0.00000261. The summed E-state index contributed by atoms with van der Waals surface area (Å²) in [6.07, 6.45) is 0. The molecule has 3 N–H and O–H groups in total. The van der Waals surface area contributed by atoms with Gasteiger partial charge in [-0.05, 0) is 12.1 Å². The summed E-state index contributed by atoms with van der Waals surface area (Å²) >= 11 is 0. The van der Waals surface area contributed by atoms with Crippen LogP contribution in [0.2, 0.25) is 0 Å². The van der Waals surface area contributed by atoms with Gasteiger partial charge in [0.05, 0.1) is 16.3 Å². The fraction of sp³-hybridized carbons (Fsp3) is 0. The Hall–Kier alpha value is -2.37. The summed E-state index contributed by atoms with van der Waals surface area (Å²) in [6, 6.07) is 12.9. The zero-order valence-electron chi connectivity index (χ0n) is 14.1. The summed E-state index contributed by atoms with van der Waals surface area (Å²) in [5.74, 6) is 0. The van der Waals surface area contributed by atoms with Crippen molar-refractivity contribution in [1.82, 2.24) is 0 Å². The molecule has 0 atom stereocenters. The molecule has 0 bridgehead atoms. The van der Waals surface area contributed by atoms with E-state index in [0.717, 1.165) is 6.07 Å². The molecule has 3 rings (SSSR count). The average Bonchev–Trinajstić information content (AvgIpc) is 2.60. The van der Waals surface area contributed by atoms with Crippen LogP contribution in [-0.2, 0) is 10.1 Å². The molecule has 0 saturated heterocycles. The van der Waals surface area contributed by atoms with E-state index in [4.69, 9.17) is 5.73 Å². The molecule has 0 amide bonds. The minimum atomic E-state index is -4.52. The summed E-state index contributed by atoms with van der Waals surface area (Å²) in [7, 11) is -4.52. The van der Waals surface area contributed by atoms with E-state index in [1.807, 2.05) is 0 Å². The van der Waals surface area contributed by atoms with Crippen molar-refractivity contribution in [2.24, 2.45) is 10.2 Å². The second-order valence-corrected chi connectivity index (χ2v) is 6.70. The molecule has 0 unspecified atom stereocenters. The van der Waals surface area contributed by atoms with E-state index in [9.17, 15) is 23.1 Å². The van der Waals surface area contributed by atoms with Gasteiger partial charge in [-0.1, -0.05) is 30.3 Å². The Morgan fingerprint density at radius 2 is 1.67 bits per heavy atom. The number of benzene rings is 3. The third-order valence-corrected chi connectivity index (χ3v) is 4.51. The SMILES string of the molecule is Nc1c(N=Nc2cccc([N+](=O)[O-])c2)cc(S(=O)(=O)O)c2ccccc12.[Na+]. The maximum absolute atomic E-state index is 11.7. The summed E-state index contributed by atoms with van der Waals surface area (Å²) in [5.41, 5.74) is 6.25. The van der Waals surface area contributed by atoms with Gasteiger partial charge in [-0.2, -0.15) is 13.5 Å². The fourth-order valence-corrected chi connectivity index (χ4v) is 3.14. The van der Waals surface area contributed by atoms with Crippen molar-refractivity contribution >= 4 is 43.6 Å². The molecule has 0 saturated carbocycles. The Bertz CT molecular complexity index is 1160. The molecular weight excluding hydrogens is 383 g/mol. The second kappa shape index (κ2) is 8.11. The summed E-state index contributed by atoms with van der Waals surface area (Å²) in [6.45, 7) is 0. The van der Waals surface area contributed by atoms with Crippen LogP contribution in [0.1, 0.15) is 0 Å². The van der Waals surface area contributed by atoms with Gasteiger partial charge < -0.3 is 5.73 Å². The predicted molar refractivity (Wildman–Crippen MR) is 95.4 cm³/mol. The predicted octanol–water partition coefficient (Wildman–Crippen LogP) is 0.996.